The van der Waals surface area contributed by atoms with Crippen LogP contribution in [0.4, 0.5) is 0 Å². The lowest BCUT2D eigenvalue weighted by Gasteiger charge is -2.45. The molecule has 1 saturated carbocycles. The van der Waals surface area contributed by atoms with Gasteiger partial charge in [-0.1, -0.05) is 0 Å². The molecule has 7 heteroatoms. The van der Waals surface area contributed by atoms with Crippen molar-refractivity contribution < 1.29 is 9.53 Å². The van der Waals surface area contributed by atoms with Crippen LogP contribution in [0.25, 0.3) is 0 Å². The van der Waals surface area contributed by atoms with Crippen molar-refractivity contribution in [1.82, 2.24) is 20.7 Å². The van der Waals surface area contributed by atoms with Gasteiger partial charge in [0, 0.05) is 18.6 Å². The number of nitrogens with zero attached hydrogens (tertiary/aromatic N) is 2. The molecule has 2 heterocycles. The summed E-state index contributed by atoms with van der Waals surface area (Å²) in [5, 5.41) is 12.5. The second-order valence-corrected chi connectivity index (χ2v) is 4.22. The van der Waals surface area contributed by atoms with E-state index >= 15 is 0 Å². The highest BCUT2D eigenvalue weighted by atomic mass is 16.5. The molecule has 3 rings (SSSR count). The molecule has 0 spiro atoms. The summed E-state index contributed by atoms with van der Waals surface area (Å²) in [6.45, 7) is 0.735. The van der Waals surface area contributed by atoms with Gasteiger partial charge in [0.25, 0.3) is 5.91 Å². The van der Waals surface area contributed by atoms with Crippen LogP contribution >= 0.6 is 0 Å². The Labute approximate surface area is 91.7 Å². The van der Waals surface area contributed by atoms with Gasteiger partial charge in [-0.05, 0) is 6.42 Å². The monoisotopic (exact) mass is 223 g/mol. The van der Waals surface area contributed by atoms with Crippen molar-refractivity contribution in [3.05, 3.63) is 11.9 Å². The summed E-state index contributed by atoms with van der Waals surface area (Å²) in [7, 11) is 0. The van der Waals surface area contributed by atoms with E-state index in [1.807, 2.05) is 0 Å². The standard InChI is InChI=1S/C9H13N5O2/c10-6-4-1-2-16-8(4)7(6)12-9(15)5-3-11-14-13-5/h3-4,6-8H,1-2,10H2,(H,12,15)(H,11,13,14). The predicted octanol–water partition coefficient (Wildman–Crippen LogP) is -1.35. The van der Waals surface area contributed by atoms with E-state index in [2.05, 4.69) is 20.7 Å². The summed E-state index contributed by atoms with van der Waals surface area (Å²) < 4.78 is 5.51. The molecule has 1 saturated heterocycles. The van der Waals surface area contributed by atoms with E-state index in [-0.39, 0.29) is 29.8 Å². The summed E-state index contributed by atoms with van der Waals surface area (Å²) in [6.07, 6.45) is 2.44. The van der Waals surface area contributed by atoms with Crippen LogP contribution in [0.3, 0.4) is 0 Å². The number of hydrogen-bond acceptors (Lipinski definition) is 5. The zero-order chi connectivity index (χ0) is 11.1. The average molecular weight is 223 g/mol. The van der Waals surface area contributed by atoms with Gasteiger partial charge in [0.15, 0.2) is 5.69 Å². The van der Waals surface area contributed by atoms with Crippen molar-refractivity contribution in [2.45, 2.75) is 24.6 Å². The van der Waals surface area contributed by atoms with Gasteiger partial charge < -0.3 is 15.8 Å². The highest BCUT2D eigenvalue weighted by Gasteiger charge is 2.52. The predicted molar refractivity (Wildman–Crippen MR) is 53.5 cm³/mol. The van der Waals surface area contributed by atoms with Crippen molar-refractivity contribution in [2.24, 2.45) is 11.7 Å². The van der Waals surface area contributed by atoms with Gasteiger partial charge in [-0.15, -0.1) is 0 Å². The fraction of sp³-hybridized carbons (Fsp3) is 0.667. The first kappa shape index (κ1) is 9.73. The number of amides is 1. The highest BCUT2D eigenvalue weighted by molar-refractivity contribution is 5.92. The SMILES string of the molecule is NC1C2CCOC2C1NC(=O)c1cn[nH]n1. The molecule has 16 heavy (non-hydrogen) atoms. The van der Waals surface area contributed by atoms with E-state index in [1.54, 1.807) is 0 Å². The number of carbonyl (C=O) groups excluding carboxylic acids is 1. The summed E-state index contributed by atoms with van der Waals surface area (Å²) in [5.74, 6) is 0.130. The molecule has 4 atom stereocenters. The number of fused-ring (bicyclic) bond motifs is 1. The second-order valence-electron chi connectivity index (χ2n) is 4.22. The van der Waals surface area contributed by atoms with E-state index < -0.39 is 0 Å². The molecular weight excluding hydrogens is 210 g/mol. The van der Waals surface area contributed by atoms with Crippen LogP contribution in [0.15, 0.2) is 6.20 Å². The zero-order valence-corrected chi connectivity index (χ0v) is 8.59. The van der Waals surface area contributed by atoms with Gasteiger partial charge in [-0.3, -0.25) is 4.79 Å². The Morgan fingerprint density at radius 3 is 3.31 bits per heavy atom. The molecule has 1 aromatic heterocycles. The first-order chi connectivity index (χ1) is 7.77. The first-order valence-corrected chi connectivity index (χ1v) is 5.31. The topological polar surface area (TPSA) is 106 Å². The average Bonchev–Trinajstić information content (AvgIpc) is 2.94. The number of aromatic amines is 1. The van der Waals surface area contributed by atoms with Gasteiger partial charge in [0.2, 0.25) is 0 Å². The largest absolute Gasteiger partial charge is 0.376 e. The molecule has 7 nitrogen and oxygen atoms in total. The van der Waals surface area contributed by atoms with Crippen LogP contribution in [-0.2, 0) is 4.74 Å². The number of carbonyl (C=O) groups is 1. The molecule has 4 unspecified atom stereocenters. The lowest BCUT2D eigenvalue weighted by Crippen LogP contribution is -2.69. The van der Waals surface area contributed by atoms with Gasteiger partial charge in [-0.2, -0.15) is 15.4 Å². The summed E-state index contributed by atoms with van der Waals surface area (Å²) in [4.78, 5) is 11.7. The Hall–Kier alpha value is -1.47. The first-order valence-electron chi connectivity index (χ1n) is 5.31. The maximum atomic E-state index is 11.7. The third kappa shape index (κ3) is 1.32. The summed E-state index contributed by atoms with van der Waals surface area (Å²) >= 11 is 0. The van der Waals surface area contributed by atoms with Crippen LogP contribution in [-0.4, -0.2) is 46.1 Å². The van der Waals surface area contributed by atoms with E-state index in [0.29, 0.717) is 5.92 Å². The number of hydrogen-bond donors (Lipinski definition) is 3. The van der Waals surface area contributed by atoms with E-state index in [1.165, 1.54) is 6.20 Å². The molecule has 2 aliphatic rings. The molecule has 4 N–H and O–H groups in total. The number of rotatable bonds is 2. The van der Waals surface area contributed by atoms with Gasteiger partial charge in [0.1, 0.15) is 0 Å². The van der Waals surface area contributed by atoms with Crippen LogP contribution in [0.1, 0.15) is 16.9 Å². The van der Waals surface area contributed by atoms with Crippen molar-refractivity contribution in [2.75, 3.05) is 6.61 Å². The molecule has 86 valence electrons. The van der Waals surface area contributed by atoms with Crippen molar-refractivity contribution in [1.29, 1.82) is 0 Å². The lowest BCUT2D eigenvalue weighted by atomic mass is 9.72. The van der Waals surface area contributed by atoms with E-state index in [0.717, 1.165) is 13.0 Å². The number of H-pyrrole nitrogens is 1. The minimum atomic E-state index is -0.261. The Balaban J connectivity index is 1.65. The van der Waals surface area contributed by atoms with Gasteiger partial charge in [0.05, 0.1) is 18.3 Å². The maximum Gasteiger partial charge on any atom is 0.273 e. The smallest absolute Gasteiger partial charge is 0.273 e. The summed E-state index contributed by atoms with van der Waals surface area (Å²) in [6, 6.07) is -0.111. The molecule has 1 aliphatic carbocycles. The molecule has 0 radical (unpaired) electrons. The fourth-order valence-electron chi connectivity index (χ4n) is 2.46. The molecule has 0 aromatic carbocycles. The van der Waals surface area contributed by atoms with Crippen LogP contribution < -0.4 is 11.1 Å². The Bertz CT molecular complexity index is 393. The molecule has 1 amide bonds. The van der Waals surface area contributed by atoms with E-state index in [9.17, 15) is 4.79 Å². The molecule has 1 aromatic rings. The second kappa shape index (κ2) is 3.53. The molecule has 0 bridgehead atoms. The normalized spacial score (nSPS) is 36.6. The van der Waals surface area contributed by atoms with Crippen LogP contribution in [0, 0.1) is 5.92 Å². The van der Waals surface area contributed by atoms with Crippen LogP contribution in [0.2, 0.25) is 0 Å². The lowest BCUT2D eigenvalue weighted by molar-refractivity contribution is -0.0161. The maximum absolute atomic E-state index is 11.7. The van der Waals surface area contributed by atoms with Crippen molar-refractivity contribution in [3.8, 4) is 0 Å². The number of nitrogens with one attached hydrogen (secondary N) is 2. The van der Waals surface area contributed by atoms with Gasteiger partial charge >= 0.3 is 0 Å². The Kier molecular flexibility index (Phi) is 2.15. The van der Waals surface area contributed by atoms with E-state index in [4.69, 9.17) is 10.5 Å². The third-order valence-corrected chi connectivity index (χ3v) is 3.39. The Morgan fingerprint density at radius 2 is 2.56 bits per heavy atom. The number of aromatic nitrogens is 3. The summed E-state index contributed by atoms with van der Waals surface area (Å²) in [5.41, 5.74) is 6.24. The molecule has 1 aliphatic heterocycles. The molecule has 2 fully saturated rings. The number of nitrogens with two attached hydrogens (primary N) is 1. The fourth-order valence-corrected chi connectivity index (χ4v) is 2.46. The molecular formula is C9H13N5O2. The Morgan fingerprint density at radius 1 is 1.69 bits per heavy atom. The minimum absolute atomic E-state index is 0.0108. The third-order valence-electron chi connectivity index (χ3n) is 3.39. The number of ether oxygens (including phenoxy) is 1. The highest BCUT2D eigenvalue weighted by Crippen LogP contribution is 2.37. The van der Waals surface area contributed by atoms with Gasteiger partial charge in [-0.25, -0.2) is 0 Å². The minimum Gasteiger partial charge on any atom is -0.376 e. The zero-order valence-electron chi connectivity index (χ0n) is 8.59. The van der Waals surface area contributed by atoms with Crippen molar-refractivity contribution >= 4 is 5.91 Å². The van der Waals surface area contributed by atoms with Crippen molar-refractivity contribution in [3.63, 3.8) is 0 Å². The van der Waals surface area contributed by atoms with Crippen LogP contribution in [0.5, 0.6) is 0 Å². The quantitative estimate of drug-likeness (QED) is 0.574.